The fourth-order valence-electron chi connectivity index (χ4n) is 1.60. The van der Waals surface area contributed by atoms with Gasteiger partial charge in [0.15, 0.2) is 6.72 Å². The Morgan fingerprint density at radius 1 is 0.647 bits per heavy atom. The molecule has 0 nitrogen and oxygen atoms in total. The molecule has 0 aliphatic carbocycles. The van der Waals surface area contributed by atoms with Gasteiger partial charge in [0, 0.05) is 0 Å². The van der Waals surface area contributed by atoms with Crippen LogP contribution in [0, 0.1) is 0 Å². The summed E-state index contributed by atoms with van der Waals surface area (Å²) in [5.41, 5.74) is 2.90. The zero-order valence-electron chi connectivity index (χ0n) is 9.77. The van der Waals surface area contributed by atoms with Crippen molar-refractivity contribution in [2.75, 3.05) is 0 Å². The predicted octanol–water partition coefficient (Wildman–Crippen LogP) is 4.28. The first-order chi connectivity index (χ1) is 8.45. The van der Waals surface area contributed by atoms with E-state index >= 15 is 0 Å². The van der Waals surface area contributed by atoms with Crippen molar-refractivity contribution in [1.29, 1.82) is 0 Å². The summed E-state index contributed by atoms with van der Waals surface area (Å²) in [6, 6.07) is 21.5. The molecule has 0 amide bonds. The first-order valence-corrected chi connectivity index (χ1v) is 8.38. The minimum atomic E-state index is 0.949. The lowest BCUT2D eigenvalue weighted by atomic mass is 10.2. The molecule has 2 aromatic rings. The van der Waals surface area contributed by atoms with Crippen molar-refractivity contribution in [1.82, 2.24) is 0 Å². The van der Waals surface area contributed by atoms with Crippen LogP contribution in [0.15, 0.2) is 60.7 Å². The van der Waals surface area contributed by atoms with E-state index in [9.17, 15) is 0 Å². The lowest BCUT2D eigenvalue weighted by Crippen LogP contribution is -1.81. The van der Waals surface area contributed by atoms with Crippen molar-refractivity contribution in [3.8, 4) is 0 Å². The summed E-state index contributed by atoms with van der Waals surface area (Å²) in [7, 11) is 1.90. The number of hydrogen-bond donors (Lipinski definition) is 0. The highest BCUT2D eigenvalue weighted by molar-refractivity contribution is 8.00. The molecule has 0 spiro atoms. The van der Waals surface area contributed by atoms with Gasteiger partial charge in [-0.2, -0.15) is 16.9 Å². The fraction of sp³-hybridized carbons (Fsp3) is 0.143. The molecule has 3 heteroatoms. The van der Waals surface area contributed by atoms with E-state index in [1.807, 2.05) is 0 Å². The molecule has 17 heavy (non-hydrogen) atoms. The van der Waals surface area contributed by atoms with Crippen LogP contribution < -0.4 is 0 Å². The van der Waals surface area contributed by atoms with E-state index in [0.29, 0.717) is 0 Å². The summed E-state index contributed by atoms with van der Waals surface area (Å²) in [5, 5.41) is 0. The number of benzene rings is 2. The molecule has 0 fully saturated rings. The van der Waals surface area contributed by atoms with Crippen LogP contribution in [0.25, 0.3) is 0 Å². The zero-order valence-corrected chi connectivity index (χ0v) is 11.8. The molecule has 0 saturated heterocycles. The molecule has 1 radical (unpaired) electrons. The lowest BCUT2D eigenvalue weighted by Gasteiger charge is -2.02. The molecule has 0 heterocycles. The van der Waals surface area contributed by atoms with Crippen molar-refractivity contribution in [2.24, 2.45) is 0 Å². The van der Waals surface area contributed by atoms with E-state index in [-0.39, 0.29) is 0 Å². The van der Waals surface area contributed by atoms with Crippen LogP contribution in [0.4, 0.5) is 0 Å². The smallest absolute Gasteiger partial charge is 0.152 e. The topological polar surface area (TPSA) is 0 Å². The van der Waals surface area contributed by atoms with Crippen molar-refractivity contribution in [3.05, 3.63) is 71.8 Å². The second-order valence-electron chi connectivity index (χ2n) is 3.88. The van der Waals surface area contributed by atoms with Crippen molar-refractivity contribution in [3.63, 3.8) is 0 Å². The van der Waals surface area contributed by atoms with Crippen LogP contribution in [-0.4, -0.2) is 6.72 Å². The maximum absolute atomic E-state index is 2.46. The van der Waals surface area contributed by atoms with E-state index in [0.717, 1.165) is 16.9 Å². The summed E-state index contributed by atoms with van der Waals surface area (Å²) in [5.74, 6) is 0. The van der Waals surface area contributed by atoms with E-state index in [4.69, 9.17) is 0 Å². The monoisotopic (exact) mass is 257 g/mol. The SMILES string of the molecule is [B](PCc1ccccc1)PCc1ccccc1. The Morgan fingerprint density at radius 3 is 1.47 bits per heavy atom. The summed E-state index contributed by atoms with van der Waals surface area (Å²) in [6.45, 7) is 2.46. The molecule has 2 unspecified atom stereocenters. The lowest BCUT2D eigenvalue weighted by molar-refractivity contribution is 1.42. The minimum absolute atomic E-state index is 0.949. The maximum Gasteiger partial charge on any atom is 0.173 e. The van der Waals surface area contributed by atoms with E-state index < -0.39 is 0 Å². The normalized spacial score (nSPS) is 11.5. The molecule has 2 rings (SSSR count). The Bertz CT molecular complexity index is 375. The highest BCUT2D eigenvalue weighted by Gasteiger charge is 1.95. The van der Waals surface area contributed by atoms with Crippen LogP contribution in [-0.2, 0) is 12.3 Å². The summed E-state index contributed by atoms with van der Waals surface area (Å²) in [4.78, 5) is 0. The van der Waals surface area contributed by atoms with E-state index in [1.165, 1.54) is 23.5 Å². The summed E-state index contributed by atoms with van der Waals surface area (Å²) < 4.78 is 0. The largest absolute Gasteiger partial charge is 0.173 e. The van der Waals surface area contributed by atoms with Crippen molar-refractivity contribution < 1.29 is 0 Å². The third-order valence-electron chi connectivity index (χ3n) is 2.50. The van der Waals surface area contributed by atoms with Crippen LogP contribution >= 0.6 is 16.9 Å². The standard InChI is InChI=1S/C14H16BP2/c1-3-7-13(8-4-1)11-16-15-17-12-14-9-5-2-6-10-14/h1-10,16-17H,11-12H2. The predicted molar refractivity (Wildman–Crippen MR) is 82.7 cm³/mol. The van der Waals surface area contributed by atoms with Gasteiger partial charge < -0.3 is 0 Å². The molecule has 0 aliphatic heterocycles. The molecule has 85 valence electrons. The third kappa shape index (κ3) is 5.03. The van der Waals surface area contributed by atoms with Gasteiger partial charge in [0.25, 0.3) is 0 Å². The Morgan fingerprint density at radius 2 is 1.06 bits per heavy atom. The average Bonchev–Trinajstić information content (AvgIpc) is 2.41. The molecule has 0 aromatic heterocycles. The van der Waals surface area contributed by atoms with Gasteiger partial charge in [-0.3, -0.25) is 0 Å². The zero-order chi connectivity index (χ0) is 11.8. The molecule has 0 bridgehead atoms. The van der Waals surface area contributed by atoms with Crippen molar-refractivity contribution in [2.45, 2.75) is 12.3 Å². The van der Waals surface area contributed by atoms with Crippen LogP contribution in [0.3, 0.4) is 0 Å². The van der Waals surface area contributed by atoms with Gasteiger partial charge >= 0.3 is 0 Å². The average molecular weight is 257 g/mol. The Hall–Kier alpha value is -0.635. The van der Waals surface area contributed by atoms with Gasteiger partial charge in [0.2, 0.25) is 0 Å². The first-order valence-electron chi connectivity index (χ1n) is 5.81. The highest BCUT2D eigenvalue weighted by Crippen LogP contribution is 2.27. The highest BCUT2D eigenvalue weighted by atomic mass is 31.1. The second-order valence-corrected chi connectivity index (χ2v) is 6.56. The van der Waals surface area contributed by atoms with Gasteiger partial charge in [0.05, 0.1) is 0 Å². The van der Waals surface area contributed by atoms with E-state index in [1.54, 1.807) is 0 Å². The quantitative estimate of drug-likeness (QED) is 0.411. The van der Waals surface area contributed by atoms with Gasteiger partial charge in [-0.05, 0) is 23.5 Å². The van der Waals surface area contributed by atoms with Gasteiger partial charge in [-0.1, -0.05) is 60.7 Å². The van der Waals surface area contributed by atoms with Crippen LogP contribution in [0.5, 0.6) is 0 Å². The van der Waals surface area contributed by atoms with E-state index in [2.05, 4.69) is 67.4 Å². The van der Waals surface area contributed by atoms with Crippen LogP contribution in [0.2, 0.25) is 0 Å². The number of rotatable bonds is 6. The van der Waals surface area contributed by atoms with Crippen LogP contribution in [0.1, 0.15) is 11.1 Å². The molecule has 2 aromatic carbocycles. The third-order valence-corrected chi connectivity index (χ3v) is 5.36. The number of hydrogen-bond acceptors (Lipinski definition) is 0. The second kappa shape index (κ2) is 7.64. The molecule has 0 aliphatic rings. The van der Waals surface area contributed by atoms with Gasteiger partial charge in [-0.25, -0.2) is 0 Å². The fourth-order valence-corrected chi connectivity index (χ4v) is 3.94. The van der Waals surface area contributed by atoms with Gasteiger partial charge in [-0.15, -0.1) is 0 Å². The Balaban J connectivity index is 1.61. The Labute approximate surface area is 108 Å². The van der Waals surface area contributed by atoms with Crippen molar-refractivity contribution >= 4 is 23.6 Å². The molecular weight excluding hydrogens is 241 g/mol. The molecule has 0 N–H and O–H groups in total. The molecular formula is C14H16BP2. The summed E-state index contributed by atoms with van der Waals surface area (Å²) >= 11 is 0. The molecule has 2 atom stereocenters. The Kier molecular flexibility index (Phi) is 5.76. The summed E-state index contributed by atoms with van der Waals surface area (Å²) in [6.07, 6.45) is 2.39. The first kappa shape index (κ1) is 12.8. The minimum Gasteiger partial charge on any atom is -0.152 e. The maximum atomic E-state index is 2.46. The molecule has 0 saturated carbocycles. The van der Waals surface area contributed by atoms with Gasteiger partial charge in [0.1, 0.15) is 0 Å².